The molecule has 0 radical (unpaired) electrons. The number of hydrogen-bond acceptors (Lipinski definition) is 4. The van der Waals surface area contributed by atoms with Gasteiger partial charge in [-0.2, -0.15) is 0 Å². The Kier molecular flexibility index (Phi) is 7.82. The third-order valence-corrected chi connectivity index (χ3v) is 15.7. The van der Waals surface area contributed by atoms with Crippen molar-refractivity contribution in [3.63, 3.8) is 0 Å². The number of aromatic amines is 1. The van der Waals surface area contributed by atoms with Crippen molar-refractivity contribution in [1.82, 2.24) is 4.98 Å². The Morgan fingerprint density at radius 3 is 1.78 bits per heavy atom. The zero-order valence-electron chi connectivity index (χ0n) is 34.5. The lowest BCUT2D eigenvalue weighted by molar-refractivity contribution is 1.26. The molecule has 1 aliphatic heterocycles. The molecule has 0 atom stereocenters. The molecule has 14 rings (SSSR count). The monoisotopic (exact) mass is 849 g/mol. The highest BCUT2D eigenvalue weighted by atomic mass is 32.1. The third kappa shape index (κ3) is 5.40. The summed E-state index contributed by atoms with van der Waals surface area (Å²) < 4.78 is 5.25. The molecule has 1 N–H and O–H groups in total. The van der Waals surface area contributed by atoms with Gasteiger partial charge in [0.2, 0.25) is 0 Å². The molecule has 0 unspecified atom stereocenters. The van der Waals surface area contributed by atoms with E-state index in [-0.39, 0.29) is 0 Å². The highest BCUT2D eigenvalue weighted by Gasteiger charge is 2.31. The number of thiophene rings is 2. The summed E-state index contributed by atoms with van der Waals surface area (Å²) in [6.07, 6.45) is 0. The predicted octanol–water partition coefficient (Wildman–Crippen LogP) is 15.5. The van der Waals surface area contributed by atoms with Crippen molar-refractivity contribution in [2.75, 3.05) is 9.80 Å². The predicted molar refractivity (Wildman–Crippen MR) is 280 cm³/mol. The van der Waals surface area contributed by atoms with Gasteiger partial charge in [-0.1, -0.05) is 133 Å². The van der Waals surface area contributed by atoms with E-state index in [0.717, 1.165) is 35.5 Å². The lowest BCUT2D eigenvalue weighted by Gasteiger charge is -2.37. The summed E-state index contributed by atoms with van der Waals surface area (Å²) in [4.78, 5) is 9.01. The van der Waals surface area contributed by atoms with Crippen LogP contribution in [0.3, 0.4) is 0 Å². The van der Waals surface area contributed by atoms with E-state index in [9.17, 15) is 0 Å². The van der Waals surface area contributed by atoms with E-state index in [1.807, 2.05) is 22.7 Å². The number of hydrogen-bond donors (Lipinski definition) is 1. The molecule has 298 valence electrons. The maximum Gasteiger partial charge on any atom is 0.198 e. The van der Waals surface area contributed by atoms with Crippen LogP contribution in [0.15, 0.2) is 206 Å². The van der Waals surface area contributed by atoms with Crippen molar-refractivity contribution in [2.24, 2.45) is 0 Å². The second-order valence-electron chi connectivity index (χ2n) is 16.9. The van der Waals surface area contributed by atoms with E-state index in [1.54, 1.807) is 0 Å². The van der Waals surface area contributed by atoms with E-state index < -0.39 is 0 Å². The minimum Gasteiger partial charge on any atom is -0.353 e. The van der Waals surface area contributed by atoms with Gasteiger partial charge in [-0.25, -0.2) is 0 Å². The van der Waals surface area contributed by atoms with Gasteiger partial charge in [0.05, 0.1) is 11.0 Å². The van der Waals surface area contributed by atoms with Crippen molar-refractivity contribution >= 4 is 148 Å². The van der Waals surface area contributed by atoms with Crippen LogP contribution >= 0.6 is 22.7 Å². The molecule has 3 nitrogen and oxygen atoms in total. The van der Waals surface area contributed by atoms with Gasteiger partial charge in [-0.3, -0.25) is 0 Å². The average molecular weight is 850 g/mol. The molecule has 13 aromatic rings. The molecular weight excluding hydrogens is 814 g/mol. The number of H-pyrrole nitrogens is 1. The van der Waals surface area contributed by atoms with Crippen LogP contribution in [0.5, 0.6) is 0 Å². The van der Waals surface area contributed by atoms with E-state index >= 15 is 0 Å². The molecule has 6 heteroatoms. The van der Waals surface area contributed by atoms with E-state index in [4.69, 9.17) is 0 Å². The first-order chi connectivity index (χ1) is 31.7. The molecule has 0 amide bonds. The van der Waals surface area contributed by atoms with Crippen LogP contribution in [0.1, 0.15) is 0 Å². The second kappa shape index (κ2) is 13.9. The Morgan fingerprint density at radius 2 is 1.02 bits per heavy atom. The van der Waals surface area contributed by atoms with Gasteiger partial charge >= 0.3 is 0 Å². The summed E-state index contributed by atoms with van der Waals surface area (Å²) in [5.41, 5.74) is 14.3. The number of benzene rings is 10. The van der Waals surface area contributed by atoms with E-state index in [1.165, 1.54) is 101 Å². The van der Waals surface area contributed by atoms with Crippen LogP contribution in [-0.4, -0.2) is 12.3 Å². The molecule has 0 spiro atoms. The first-order valence-corrected chi connectivity index (χ1v) is 23.5. The summed E-state index contributed by atoms with van der Waals surface area (Å²) in [5, 5.41) is 10.1. The molecule has 1 aliphatic rings. The quantitative estimate of drug-likeness (QED) is 0.174. The molecular formula is C58H36BN3S2. The number of fused-ring (bicyclic) bond motifs is 13. The normalized spacial score (nSPS) is 12.5. The molecule has 64 heavy (non-hydrogen) atoms. The average Bonchev–Trinajstić information content (AvgIpc) is 4.04. The summed E-state index contributed by atoms with van der Waals surface area (Å²) in [5.74, 6) is 0. The van der Waals surface area contributed by atoms with Crippen LogP contribution in [0.2, 0.25) is 0 Å². The van der Waals surface area contributed by atoms with Crippen molar-refractivity contribution in [3.8, 4) is 11.1 Å². The van der Waals surface area contributed by atoms with Gasteiger partial charge in [-0.05, 0) is 95.3 Å². The number of para-hydroxylation sites is 3. The zero-order chi connectivity index (χ0) is 41.9. The van der Waals surface area contributed by atoms with Crippen LogP contribution < -0.4 is 20.7 Å². The first-order valence-electron chi connectivity index (χ1n) is 21.9. The number of nitrogens with one attached hydrogen (secondary N) is 1. The van der Waals surface area contributed by atoms with E-state index in [2.05, 4.69) is 221 Å². The molecule has 0 fully saturated rings. The molecule has 0 bridgehead atoms. The smallest absolute Gasteiger partial charge is 0.198 e. The van der Waals surface area contributed by atoms with Gasteiger partial charge in [-0.15, -0.1) is 22.7 Å². The Bertz CT molecular complexity index is 3980. The lowest BCUT2D eigenvalue weighted by atomic mass is 9.58. The number of anilines is 6. The Hall–Kier alpha value is -7.64. The summed E-state index contributed by atoms with van der Waals surface area (Å²) in [6, 6.07) is 76.4. The number of aromatic nitrogens is 1. The van der Waals surface area contributed by atoms with Gasteiger partial charge in [0.25, 0.3) is 0 Å². The minimum absolute atomic E-state index is 0.792. The van der Waals surface area contributed by atoms with Crippen LogP contribution in [0, 0.1) is 0 Å². The van der Waals surface area contributed by atoms with Crippen molar-refractivity contribution in [3.05, 3.63) is 206 Å². The topological polar surface area (TPSA) is 22.3 Å². The standard InChI is InChI=1S/C58H36BN3S2/c1-3-15-36(16-4-1)61(37-17-5-2-6-18-37)39-31-48(44-23-13-22-43-45-28-26-35-14-7-8-19-40(35)57(45)60-58(43)44)56-51(32-39)62(38-27-29-54-46(30-38)41-20-9-11-24-52(41)63-54)50-33-47-42-21-10-12-25-53(42)64-55(47)34-49(50)59-56/h1-34,59-60H. The fourth-order valence-corrected chi connectivity index (χ4v) is 12.7. The molecule has 0 aliphatic carbocycles. The highest BCUT2D eigenvalue weighted by Crippen LogP contribution is 2.47. The molecule has 10 aromatic carbocycles. The minimum atomic E-state index is 0.792. The molecule has 0 saturated carbocycles. The van der Waals surface area contributed by atoms with Crippen LogP contribution in [0.4, 0.5) is 34.1 Å². The summed E-state index contributed by atoms with van der Waals surface area (Å²) in [6.45, 7) is 0. The maximum absolute atomic E-state index is 4.02. The van der Waals surface area contributed by atoms with Crippen LogP contribution in [-0.2, 0) is 0 Å². The number of nitrogens with zero attached hydrogens (tertiary/aromatic N) is 2. The highest BCUT2D eigenvalue weighted by molar-refractivity contribution is 7.26. The van der Waals surface area contributed by atoms with Crippen molar-refractivity contribution in [1.29, 1.82) is 0 Å². The third-order valence-electron chi connectivity index (χ3n) is 13.4. The van der Waals surface area contributed by atoms with Gasteiger partial charge in [0.15, 0.2) is 7.28 Å². The van der Waals surface area contributed by atoms with Gasteiger partial charge in [0.1, 0.15) is 0 Å². The first kappa shape index (κ1) is 35.9. The summed E-state index contributed by atoms with van der Waals surface area (Å²) in [7, 11) is 0.792. The van der Waals surface area contributed by atoms with Gasteiger partial charge < -0.3 is 14.8 Å². The lowest BCUT2D eigenvalue weighted by Crippen LogP contribution is -2.41. The zero-order valence-corrected chi connectivity index (χ0v) is 36.2. The van der Waals surface area contributed by atoms with Crippen molar-refractivity contribution in [2.45, 2.75) is 0 Å². The SMILES string of the molecule is B1c2cc3sc4ccccc4c3cc2N(c2ccc3sc4ccccc4c3c2)c2cc(N(c3ccccc3)c3ccccc3)cc(-c3cccc4c3[nH]c3c5ccccc5ccc43)c21. The molecule has 0 saturated heterocycles. The molecule has 4 heterocycles. The fourth-order valence-electron chi connectivity index (χ4n) is 10.5. The van der Waals surface area contributed by atoms with Crippen LogP contribution in [0.25, 0.3) is 84.0 Å². The van der Waals surface area contributed by atoms with Gasteiger partial charge in [0, 0.05) is 96.2 Å². The fraction of sp³-hybridized carbons (Fsp3) is 0. The van der Waals surface area contributed by atoms with E-state index in [0.29, 0.717) is 0 Å². The Morgan fingerprint density at radius 1 is 0.391 bits per heavy atom. The molecule has 3 aromatic heterocycles. The Balaban J connectivity index is 1.11. The second-order valence-corrected chi connectivity index (χ2v) is 19.1. The summed E-state index contributed by atoms with van der Waals surface area (Å²) >= 11 is 3.77. The number of rotatable bonds is 5. The maximum atomic E-state index is 4.02. The largest absolute Gasteiger partial charge is 0.353 e. The Labute approximate surface area is 377 Å². The van der Waals surface area contributed by atoms with Crippen molar-refractivity contribution < 1.29 is 0 Å².